The molecule has 0 radical (unpaired) electrons. The molecule has 112 valence electrons. The van der Waals surface area contributed by atoms with Gasteiger partial charge in [0, 0.05) is 11.5 Å². The molecule has 0 aromatic heterocycles. The first kappa shape index (κ1) is 14.4. The molecule has 0 heterocycles. The van der Waals surface area contributed by atoms with Crippen LogP contribution in [0.2, 0.25) is 0 Å². The molecule has 22 heavy (non-hydrogen) atoms. The minimum Gasteiger partial charge on any atom is -0.478 e. The van der Waals surface area contributed by atoms with Crippen molar-refractivity contribution in [2.75, 3.05) is 0 Å². The number of carbonyl (C=O) groups is 1. The lowest BCUT2D eigenvalue weighted by Gasteiger charge is -2.18. The monoisotopic (exact) mass is 300 g/mol. The molecule has 3 rings (SSSR count). The van der Waals surface area contributed by atoms with E-state index in [1.807, 2.05) is 0 Å². The van der Waals surface area contributed by atoms with Gasteiger partial charge in [0.25, 0.3) is 0 Å². The van der Waals surface area contributed by atoms with Crippen LogP contribution in [-0.2, 0) is 10.2 Å². The number of halogens is 2. The molecule has 0 amide bonds. The minimum atomic E-state index is -1.03. The highest BCUT2D eigenvalue weighted by atomic mass is 19.1. The Labute approximate surface area is 126 Å². The van der Waals surface area contributed by atoms with E-state index >= 15 is 0 Å². The predicted molar refractivity (Wildman–Crippen MR) is 78.5 cm³/mol. The highest BCUT2D eigenvalue weighted by Gasteiger charge is 2.55. The number of carboxylic acid groups (broad SMARTS) is 1. The molecule has 0 aliphatic heterocycles. The van der Waals surface area contributed by atoms with Crippen molar-refractivity contribution in [2.45, 2.75) is 11.8 Å². The SMILES string of the molecule is O=C(O)/C=C\[C@H]1CC1(c1cccc(F)c1)c1cccc(F)c1. The highest BCUT2D eigenvalue weighted by molar-refractivity contribution is 5.80. The summed E-state index contributed by atoms with van der Waals surface area (Å²) in [7, 11) is 0. The van der Waals surface area contributed by atoms with Crippen LogP contribution in [0.3, 0.4) is 0 Å². The lowest BCUT2D eigenvalue weighted by atomic mass is 9.85. The molecule has 1 atom stereocenters. The molecule has 1 saturated carbocycles. The van der Waals surface area contributed by atoms with Crippen LogP contribution in [0.15, 0.2) is 60.7 Å². The van der Waals surface area contributed by atoms with Crippen LogP contribution in [0.1, 0.15) is 17.5 Å². The maximum absolute atomic E-state index is 13.6. The predicted octanol–water partition coefficient (Wildman–Crippen LogP) is 3.91. The van der Waals surface area contributed by atoms with Crippen molar-refractivity contribution in [3.8, 4) is 0 Å². The van der Waals surface area contributed by atoms with Crippen molar-refractivity contribution in [2.24, 2.45) is 5.92 Å². The number of aliphatic carboxylic acids is 1. The van der Waals surface area contributed by atoms with E-state index in [4.69, 9.17) is 5.11 Å². The number of allylic oxidation sites excluding steroid dienone is 1. The summed E-state index contributed by atoms with van der Waals surface area (Å²) in [5.41, 5.74) is 0.909. The molecule has 0 unspecified atom stereocenters. The molecular weight excluding hydrogens is 286 g/mol. The van der Waals surface area contributed by atoms with Crippen LogP contribution in [-0.4, -0.2) is 11.1 Å². The fourth-order valence-corrected chi connectivity index (χ4v) is 3.08. The van der Waals surface area contributed by atoms with E-state index in [0.29, 0.717) is 6.42 Å². The summed E-state index contributed by atoms with van der Waals surface area (Å²) in [6.07, 6.45) is 3.31. The molecule has 2 aromatic carbocycles. The van der Waals surface area contributed by atoms with E-state index in [2.05, 4.69) is 0 Å². The van der Waals surface area contributed by atoms with E-state index in [1.54, 1.807) is 30.3 Å². The summed E-state index contributed by atoms with van der Waals surface area (Å²) in [6.45, 7) is 0. The molecule has 1 N–H and O–H groups in total. The third-order valence-corrected chi connectivity index (χ3v) is 4.17. The smallest absolute Gasteiger partial charge is 0.327 e. The Hall–Kier alpha value is -2.49. The molecule has 1 fully saturated rings. The summed E-state index contributed by atoms with van der Waals surface area (Å²) in [6, 6.07) is 12.4. The van der Waals surface area contributed by atoms with Gasteiger partial charge in [-0.1, -0.05) is 30.3 Å². The second-order valence-corrected chi connectivity index (χ2v) is 5.50. The lowest BCUT2D eigenvalue weighted by Crippen LogP contribution is -2.12. The zero-order valence-electron chi connectivity index (χ0n) is 11.7. The Morgan fingerprint density at radius 1 is 1.09 bits per heavy atom. The van der Waals surface area contributed by atoms with Crippen LogP contribution in [0.4, 0.5) is 8.78 Å². The number of benzene rings is 2. The average Bonchev–Trinajstić information content (AvgIpc) is 3.21. The van der Waals surface area contributed by atoms with Crippen LogP contribution < -0.4 is 0 Å². The Bertz CT molecular complexity index is 707. The highest BCUT2D eigenvalue weighted by Crippen LogP contribution is 2.59. The molecule has 1 aliphatic rings. The van der Waals surface area contributed by atoms with E-state index in [1.165, 1.54) is 24.3 Å². The summed E-state index contributed by atoms with van der Waals surface area (Å²) in [4.78, 5) is 10.7. The number of rotatable bonds is 4. The Morgan fingerprint density at radius 3 is 2.09 bits per heavy atom. The van der Waals surface area contributed by atoms with Gasteiger partial charge in [0.15, 0.2) is 0 Å². The molecule has 4 heteroatoms. The van der Waals surface area contributed by atoms with E-state index in [9.17, 15) is 13.6 Å². The van der Waals surface area contributed by atoms with Crippen LogP contribution in [0.5, 0.6) is 0 Å². The van der Waals surface area contributed by atoms with Gasteiger partial charge in [-0.15, -0.1) is 0 Å². The van der Waals surface area contributed by atoms with Crippen molar-refractivity contribution >= 4 is 5.97 Å². The summed E-state index contributed by atoms with van der Waals surface area (Å²) >= 11 is 0. The molecule has 0 spiro atoms. The zero-order chi connectivity index (χ0) is 15.7. The van der Waals surface area contributed by atoms with Crippen LogP contribution >= 0.6 is 0 Å². The fourth-order valence-electron chi connectivity index (χ4n) is 3.08. The Kier molecular flexibility index (Phi) is 3.53. The average molecular weight is 300 g/mol. The quantitative estimate of drug-likeness (QED) is 0.869. The van der Waals surface area contributed by atoms with Crippen LogP contribution in [0, 0.1) is 17.6 Å². The number of hydrogen-bond acceptors (Lipinski definition) is 1. The minimum absolute atomic E-state index is 0.0906. The van der Waals surface area contributed by atoms with E-state index < -0.39 is 11.4 Å². The largest absolute Gasteiger partial charge is 0.478 e. The Balaban J connectivity index is 2.07. The first-order chi connectivity index (χ1) is 10.5. The van der Waals surface area contributed by atoms with Gasteiger partial charge in [-0.3, -0.25) is 0 Å². The molecule has 0 saturated heterocycles. The Morgan fingerprint density at radius 2 is 1.64 bits per heavy atom. The van der Waals surface area contributed by atoms with Crippen molar-refractivity contribution in [1.29, 1.82) is 0 Å². The van der Waals surface area contributed by atoms with Gasteiger partial charge in [0.1, 0.15) is 11.6 Å². The second kappa shape index (κ2) is 5.37. The third-order valence-electron chi connectivity index (χ3n) is 4.17. The maximum Gasteiger partial charge on any atom is 0.327 e. The first-order valence-electron chi connectivity index (χ1n) is 6.95. The summed E-state index contributed by atoms with van der Waals surface area (Å²) in [5.74, 6) is -1.84. The third kappa shape index (κ3) is 2.52. The van der Waals surface area contributed by atoms with Crippen molar-refractivity contribution in [3.63, 3.8) is 0 Å². The molecule has 2 aromatic rings. The fraction of sp³-hybridized carbons (Fsp3) is 0.167. The summed E-state index contributed by atoms with van der Waals surface area (Å²) in [5, 5.41) is 8.78. The van der Waals surface area contributed by atoms with Crippen molar-refractivity contribution in [1.82, 2.24) is 0 Å². The van der Waals surface area contributed by atoms with Gasteiger partial charge < -0.3 is 5.11 Å². The normalized spacial score (nSPS) is 19.3. The van der Waals surface area contributed by atoms with E-state index in [0.717, 1.165) is 17.2 Å². The van der Waals surface area contributed by atoms with Crippen molar-refractivity contribution < 1.29 is 18.7 Å². The van der Waals surface area contributed by atoms with Gasteiger partial charge >= 0.3 is 5.97 Å². The molecule has 1 aliphatic carbocycles. The molecular formula is C18H14F2O2. The second-order valence-electron chi connectivity index (χ2n) is 5.50. The van der Waals surface area contributed by atoms with Gasteiger partial charge in [0.2, 0.25) is 0 Å². The standard InChI is InChI=1S/C18H14F2O2/c19-15-5-1-3-12(9-15)18(11-14(18)7-8-17(21)22)13-4-2-6-16(20)10-13/h1-10,14H,11H2,(H,21,22)/b8-7-/t14-/m0/s1. The lowest BCUT2D eigenvalue weighted by molar-refractivity contribution is -0.131. The van der Waals surface area contributed by atoms with Gasteiger partial charge in [-0.25, -0.2) is 13.6 Å². The van der Waals surface area contributed by atoms with Gasteiger partial charge in [-0.05, 0) is 47.7 Å². The van der Waals surface area contributed by atoms with Gasteiger partial charge in [-0.2, -0.15) is 0 Å². The zero-order valence-corrected chi connectivity index (χ0v) is 11.7. The van der Waals surface area contributed by atoms with E-state index in [-0.39, 0.29) is 17.6 Å². The topological polar surface area (TPSA) is 37.3 Å². The molecule has 2 nitrogen and oxygen atoms in total. The maximum atomic E-state index is 13.6. The van der Waals surface area contributed by atoms with Crippen molar-refractivity contribution in [3.05, 3.63) is 83.4 Å². The first-order valence-corrected chi connectivity index (χ1v) is 6.95. The number of carboxylic acids is 1. The summed E-state index contributed by atoms with van der Waals surface area (Å²) < 4.78 is 27.2. The van der Waals surface area contributed by atoms with Gasteiger partial charge in [0.05, 0.1) is 0 Å². The van der Waals surface area contributed by atoms with Crippen LogP contribution in [0.25, 0.3) is 0 Å². The number of hydrogen-bond donors (Lipinski definition) is 1. The molecule has 0 bridgehead atoms.